The Morgan fingerprint density at radius 2 is 2.35 bits per heavy atom. The molecule has 0 amide bonds. The van der Waals surface area contributed by atoms with Crippen LogP contribution in [0.2, 0.25) is 0 Å². The molecule has 0 aliphatic rings. The third-order valence-corrected chi connectivity index (χ3v) is 2.93. The number of halogens is 1. The van der Waals surface area contributed by atoms with E-state index in [1.165, 1.54) is 23.5 Å². The van der Waals surface area contributed by atoms with Crippen molar-refractivity contribution in [3.63, 3.8) is 0 Å². The van der Waals surface area contributed by atoms with Gasteiger partial charge in [0, 0.05) is 5.38 Å². The first kappa shape index (κ1) is 11.6. The second kappa shape index (κ2) is 4.93. The monoisotopic (exact) mass is 248 g/mol. The maximum atomic E-state index is 13.5. The lowest BCUT2D eigenvalue weighted by Gasteiger charge is -2.05. The zero-order valence-corrected chi connectivity index (χ0v) is 9.92. The third-order valence-electron chi connectivity index (χ3n) is 2.10. The van der Waals surface area contributed by atoms with Crippen molar-refractivity contribution >= 4 is 11.3 Å². The molecule has 3 nitrogen and oxygen atoms in total. The van der Waals surface area contributed by atoms with E-state index >= 15 is 0 Å². The van der Waals surface area contributed by atoms with Crippen molar-refractivity contribution in [1.29, 1.82) is 5.26 Å². The van der Waals surface area contributed by atoms with Gasteiger partial charge in [-0.1, -0.05) is 0 Å². The number of benzene rings is 1. The van der Waals surface area contributed by atoms with Gasteiger partial charge in [0.15, 0.2) is 11.6 Å². The topological polar surface area (TPSA) is 45.9 Å². The lowest BCUT2D eigenvalue weighted by Crippen LogP contribution is -1.98. The minimum absolute atomic E-state index is 0.134. The predicted octanol–water partition coefficient (Wildman–Crippen LogP) is 3.04. The van der Waals surface area contributed by atoms with Crippen LogP contribution >= 0.6 is 11.3 Å². The summed E-state index contributed by atoms with van der Waals surface area (Å²) in [7, 11) is 0. The van der Waals surface area contributed by atoms with Crippen LogP contribution in [0.4, 0.5) is 4.39 Å². The molecule has 0 unspecified atom stereocenters. The van der Waals surface area contributed by atoms with Gasteiger partial charge >= 0.3 is 0 Å². The van der Waals surface area contributed by atoms with Crippen molar-refractivity contribution in [2.24, 2.45) is 0 Å². The Kier molecular flexibility index (Phi) is 3.35. The Hall–Kier alpha value is -1.93. The standard InChI is InChI=1S/C12H9FN2OS/c1-8-15-10(7-17-8)6-16-12-3-2-9(5-14)4-11(12)13/h2-4,7H,6H2,1H3. The van der Waals surface area contributed by atoms with Crippen molar-refractivity contribution in [1.82, 2.24) is 4.98 Å². The van der Waals surface area contributed by atoms with Gasteiger partial charge in [-0.2, -0.15) is 5.26 Å². The Morgan fingerprint density at radius 1 is 1.53 bits per heavy atom. The molecule has 1 aromatic heterocycles. The molecule has 0 radical (unpaired) electrons. The first-order chi connectivity index (χ1) is 8.19. The highest BCUT2D eigenvalue weighted by Gasteiger charge is 2.06. The number of aryl methyl sites for hydroxylation is 1. The molecule has 0 saturated carbocycles. The molecule has 0 spiro atoms. The number of thiazole rings is 1. The fourth-order valence-electron chi connectivity index (χ4n) is 1.31. The Morgan fingerprint density at radius 3 is 2.94 bits per heavy atom. The predicted molar refractivity (Wildman–Crippen MR) is 62.3 cm³/mol. The van der Waals surface area contributed by atoms with Gasteiger partial charge in [0.25, 0.3) is 0 Å². The molecule has 86 valence electrons. The smallest absolute Gasteiger partial charge is 0.166 e. The van der Waals surface area contributed by atoms with Crippen LogP contribution in [0.25, 0.3) is 0 Å². The van der Waals surface area contributed by atoms with E-state index < -0.39 is 5.82 Å². The number of rotatable bonds is 3. The molecule has 0 aliphatic carbocycles. The summed E-state index contributed by atoms with van der Waals surface area (Å²) in [5.74, 6) is -0.398. The van der Waals surface area contributed by atoms with Gasteiger partial charge in [0.2, 0.25) is 0 Å². The SMILES string of the molecule is Cc1nc(COc2ccc(C#N)cc2F)cs1. The third kappa shape index (κ3) is 2.80. The highest BCUT2D eigenvalue weighted by atomic mass is 32.1. The molecule has 1 aromatic carbocycles. The van der Waals surface area contributed by atoms with Crippen molar-refractivity contribution in [3.05, 3.63) is 45.7 Å². The van der Waals surface area contributed by atoms with Crippen LogP contribution in [0.15, 0.2) is 23.6 Å². The number of aromatic nitrogens is 1. The number of hydrogen-bond acceptors (Lipinski definition) is 4. The van der Waals surface area contributed by atoms with E-state index in [9.17, 15) is 4.39 Å². The van der Waals surface area contributed by atoms with Crippen molar-refractivity contribution in [3.8, 4) is 11.8 Å². The summed E-state index contributed by atoms with van der Waals surface area (Å²) in [4.78, 5) is 4.21. The van der Waals surface area contributed by atoms with E-state index in [0.717, 1.165) is 16.8 Å². The molecule has 5 heteroatoms. The molecule has 2 rings (SSSR count). The summed E-state index contributed by atoms with van der Waals surface area (Å²) in [5, 5.41) is 11.4. The number of ether oxygens (including phenoxy) is 1. The minimum atomic E-state index is -0.531. The lowest BCUT2D eigenvalue weighted by atomic mass is 10.2. The molecular weight excluding hydrogens is 239 g/mol. The summed E-state index contributed by atoms with van der Waals surface area (Å²) in [6.45, 7) is 2.13. The average molecular weight is 248 g/mol. The summed E-state index contributed by atoms with van der Waals surface area (Å²) in [6, 6.07) is 5.99. The van der Waals surface area contributed by atoms with Crippen LogP contribution in [0.1, 0.15) is 16.3 Å². The minimum Gasteiger partial charge on any atom is -0.484 e. The highest BCUT2D eigenvalue weighted by molar-refractivity contribution is 7.09. The molecule has 17 heavy (non-hydrogen) atoms. The molecule has 1 heterocycles. The van der Waals surface area contributed by atoms with Gasteiger partial charge in [-0.3, -0.25) is 0 Å². The maximum absolute atomic E-state index is 13.5. The molecule has 2 aromatic rings. The zero-order chi connectivity index (χ0) is 12.3. The molecular formula is C12H9FN2OS. The summed E-state index contributed by atoms with van der Waals surface area (Å²) in [6.07, 6.45) is 0. The molecule has 0 fully saturated rings. The second-order valence-corrected chi connectivity index (χ2v) is 4.47. The van der Waals surface area contributed by atoms with E-state index in [2.05, 4.69) is 4.98 Å². The molecule has 0 bridgehead atoms. The lowest BCUT2D eigenvalue weighted by molar-refractivity contribution is 0.286. The second-order valence-electron chi connectivity index (χ2n) is 3.40. The van der Waals surface area contributed by atoms with E-state index in [-0.39, 0.29) is 17.9 Å². The maximum Gasteiger partial charge on any atom is 0.166 e. The number of nitriles is 1. The number of hydrogen-bond donors (Lipinski definition) is 0. The van der Waals surface area contributed by atoms with E-state index in [0.29, 0.717) is 0 Å². The van der Waals surface area contributed by atoms with Crippen molar-refractivity contribution in [2.45, 2.75) is 13.5 Å². The Bertz CT molecular complexity index is 574. The van der Waals surface area contributed by atoms with Crippen LogP contribution in [0.5, 0.6) is 5.75 Å². The van der Waals surface area contributed by atoms with E-state index in [1.54, 1.807) is 0 Å². The van der Waals surface area contributed by atoms with Crippen LogP contribution in [-0.4, -0.2) is 4.98 Å². The summed E-state index contributed by atoms with van der Waals surface area (Å²) in [5.41, 5.74) is 1.05. The Labute approximate surface area is 102 Å². The van der Waals surface area contributed by atoms with Gasteiger partial charge in [0.05, 0.1) is 22.3 Å². The van der Waals surface area contributed by atoms with Crippen molar-refractivity contribution < 1.29 is 9.13 Å². The van der Waals surface area contributed by atoms with Crippen LogP contribution in [-0.2, 0) is 6.61 Å². The molecule has 0 atom stereocenters. The average Bonchev–Trinajstić information content (AvgIpc) is 2.73. The fourth-order valence-corrected chi connectivity index (χ4v) is 1.91. The first-order valence-corrected chi connectivity index (χ1v) is 5.80. The van der Waals surface area contributed by atoms with Crippen LogP contribution in [0.3, 0.4) is 0 Å². The van der Waals surface area contributed by atoms with E-state index in [1.807, 2.05) is 18.4 Å². The fraction of sp³-hybridized carbons (Fsp3) is 0.167. The van der Waals surface area contributed by atoms with Crippen LogP contribution in [0, 0.1) is 24.1 Å². The van der Waals surface area contributed by atoms with Crippen molar-refractivity contribution in [2.75, 3.05) is 0 Å². The van der Waals surface area contributed by atoms with Gasteiger partial charge in [-0.25, -0.2) is 9.37 Å². The first-order valence-electron chi connectivity index (χ1n) is 4.92. The highest BCUT2D eigenvalue weighted by Crippen LogP contribution is 2.19. The van der Waals surface area contributed by atoms with Crippen LogP contribution < -0.4 is 4.74 Å². The summed E-state index contributed by atoms with van der Waals surface area (Å²) < 4.78 is 18.7. The Balaban J connectivity index is 2.07. The van der Waals surface area contributed by atoms with Gasteiger partial charge in [-0.05, 0) is 25.1 Å². The molecule has 0 aliphatic heterocycles. The largest absolute Gasteiger partial charge is 0.484 e. The van der Waals surface area contributed by atoms with Gasteiger partial charge in [-0.15, -0.1) is 11.3 Å². The number of nitrogens with zero attached hydrogens (tertiary/aromatic N) is 2. The summed E-state index contributed by atoms with van der Waals surface area (Å²) >= 11 is 1.52. The molecule has 0 N–H and O–H groups in total. The van der Waals surface area contributed by atoms with Gasteiger partial charge in [0.1, 0.15) is 6.61 Å². The van der Waals surface area contributed by atoms with Gasteiger partial charge < -0.3 is 4.74 Å². The quantitative estimate of drug-likeness (QED) is 0.838. The van der Waals surface area contributed by atoms with E-state index in [4.69, 9.17) is 10.00 Å². The molecule has 0 saturated heterocycles. The normalized spacial score (nSPS) is 9.94. The zero-order valence-electron chi connectivity index (χ0n) is 9.11.